The lowest BCUT2D eigenvalue weighted by Crippen LogP contribution is -2.74. The highest BCUT2D eigenvalue weighted by Crippen LogP contribution is 2.64. The van der Waals surface area contributed by atoms with Crippen LogP contribution in [0.25, 0.3) is 0 Å². The predicted molar refractivity (Wildman–Crippen MR) is 45.0 cm³/mol. The highest BCUT2D eigenvalue weighted by Gasteiger charge is 2.90. The van der Waals surface area contributed by atoms with E-state index in [0.29, 0.717) is 0 Å². The molecule has 0 aliphatic heterocycles. The van der Waals surface area contributed by atoms with E-state index in [9.17, 15) is 44.3 Å². The second-order valence-electron chi connectivity index (χ2n) is 4.14. The second-order valence-corrected chi connectivity index (χ2v) is 4.14. The summed E-state index contributed by atoms with van der Waals surface area (Å²) >= 11 is 0. The van der Waals surface area contributed by atoms with Crippen LogP contribution in [0.5, 0.6) is 0 Å². The van der Waals surface area contributed by atoms with Crippen molar-refractivity contribution in [1.29, 1.82) is 0 Å². The summed E-state index contributed by atoms with van der Waals surface area (Å²) in [6.45, 7) is 0. The van der Waals surface area contributed by atoms with Crippen molar-refractivity contribution in [2.75, 3.05) is 0 Å². The van der Waals surface area contributed by atoms with E-state index in [4.69, 9.17) is 5.11 Å². The van der Waals surface area contributed by atoms with Crippen LogP contribution in [0.4, 0.5) is 39.5 Å². The molecule has 1 N–H and O–H groups in total. The Bertz CT molecular complexity index is 456. The molecule has 1 rings (SSSR count). The van der Waals surface area contributed by atoms with Gasteiger partial charge >= 0.3 is 29.7 Å². The number of halogens is 9. The summed E-state index contributed by atoms with van der Waals surface area (Å²) in [5, 5.41) is 8.07. The minimum atomic E-state index is -6.71. The number of alkyl halides is 9. The van der Waals surface area contributed by atoms with Gasteiger partial charge in [0.15, 0.2) is 0 Å². The molecule has 0 spiro atoms. The minimum absolute atomic E-state index is 0.441. The SMILES string of the molecule is O=C(O)C=CC1(F)CC(F)(F)C(F)(F)C(F)(F)C1(F)F. The quantitative estimate of drug-likeness (QED) is 0.627. The molecule has 1 aliphatic rings. The van der Waals surface area contributed by atoms with Crippen LogP contribution in [0.3, 0.4) is 0 Å². The van der Waals surface area contributed by atoms with Crippen LogP contribution >= 0.6 is 0 Å². The third-order valence-corrected chi connectivity index (χ3v) is 2.74. The van der Waals surface area contributed by atoms with Gasteiger partial charge in [-0.25, -0.2) is 9.18 Å². The maximum absolute atomic E-state index is 13.7. The van der Waals surface area contributed by atoms with Gasteiger partial charge < -0.3 is 5.11 Å². The van der Waals surface area contributed by atoms with Crippen LogP contribution in [-0.4, -0.2) is 40.4 Å². The van der Waals surface area contributed by atoms with Crippen LogP contribution in [0.15, 0.2) is 12.2 Å². The van der Waals surface area contributed by atoms with Gasteiger partial charge in [-0.2, -0.15) is 35.1 Å². The third kappa shape index (κ3) is 1.85. The smallest absolute Gasteiger partial charge is 0.381 e. The molecule has 0 heterocycles. The van der Waals surface area contributed by atoms with E-state index < -0.39 is 53.9 Å². The number of rotatable bonds is 2. The number of hydrogen-bond donors (Lipinski definition) is 1. The molecule has 0 aromatic heterocycles. The van der Waals surface area contributed by atoms with Crippen LogP contribution in [0.1, 0.15) is 6.42 Å². The summed E-state index contributed by atoms with van der Waals surface area (Å²) in [7, 11) is 0. The van der Waals surface area contributed by atoms with Crippen molar-refractivity contribution in [1.82, 2.24) is 0 Å². The average molecular weight is 316 g/mol. The number of carbonyl (C=O) groups is 1. The Balaban J connectivity index is 3.48. The fraction of sp³-hybridized carbons (Fsp3) is 0.667. The van der Waals surface area contributed by atoms with E-state index in [0.717, 1.165) is 0 Å². The highest BCUT2D eigenvalue weighted by atomic mass is 19.4. The molecule has 1 fully saturated rings. The van der Waals surface area contributed by atoms with Gasteiger partial charge in [0.1, 0.15) is 0 Å². The maximum atomic E-state index is 13.7. The van der Waals surface area contributed by atoms with E-state index in [2.05, 4.69) is 0 Å². The topological polar surface area (TPSA) is 37.3 Å². The predicted octanol–water partition coefficient (Wildman–Crippen LogP) is 3.28. The van der Waals surface area contributed by atoms with Gasteiger partial charge in [0.2, 0.25) is 5.67 Å². The Hall–Kier alpha value is -1.42. The van der Waals surface area contributed by atoms with Crippen LogP contribution < -0.4 is 0 Å². The molecule has 0 radical (unpaired) electrons. The number of carboxylic acid groups (broad SMARTS) is 1. The molecule has 1 unspecified atom stereocenters. The van der Waals surface area contributed by atoms with Gasteiger partial charge in [-0.05, 0) is 6.08 Å². The molecule has 11 heteroatoms. The molecule has 116 valence electrons. The largest absolute Gasteiger partial charge is 0.478 e. The van der Waals surface area contributed by atoms with Gasteiger partial charge in [-0.1, -0.05) is 0 Å². The highest BCUT2D eigenvalue weighted by molar-refractivity contribution is 5.80. The summed E-state index contributed by atoms with van der Waals surface area (Å²) in [4.78, 5) is 10.0. The second kappa shape index (κ2) is 4.04. The summed E-state index contributed by atoms with van der Waals surface area (Å²) in [5.74, 6) is -27.3. The summed E-state index contributed by atoms with van der Waals surface area (Å²) in [6, 6.07) is 0. The molecular weight excluding hydrogens is 311 g/mol. The van der Waals surface area contributed by atoms with Crippen LogP contribution in [0.2, 0.25) is 0 Å². The maximum Gasteiger partial charge on any atom is 0.381 e. The van der Waals surface area contributed by atoms with E-state index in [1.807, 2.05) is 0 Å². The zero-order valence-corrected chi connectivity index (χ0v) is 9.12. The third-order valence-electron chi connectivity index (χ3n) is 2.74. The van der Waals surface area contributed by atoms with Crippen molar-refractivity contribution in [2.45, 2.75) is 35.8 Å². The Kier molecular flexibility index (Phi) is 3.36. The van der Waals surface area contributed by atoms with Crippen molar-refractivity contribution in [3.63, 3.8) is 0 Å². The number of hydrogen-bond acceptors (Lipinski definition) is 1. The fourth-order valence-corrected chi connectivity index (χ4v) is 1.60. The molecule has 1 aliphatic carbocycles. The monoisotopic (exact) mass is 316 g/mol. The molecule has 2 nitrogen and oxygen atoms in total. The molecule has 0 amide bonds. The number of carboxylic acids is 1. The van der Waals surface area contributed by atoms with Gasteiger partial charge in [-0.15, -0.1) is 0 Å². The molecule has 1 saturated carbocycles. The molecule has 0 bridgehead atoms. The Morgan fingerprint density at radius 1 is 0.850 bits per heavy atom. The Morgan fingerprint density at radius 3 is 1.70 bits per heavy atom. The summed E-state index contributed by atoms with van der Waals surface area (Å²) in [6.07, 6.45) is -4.21. The standard InChI is InChI=1S/C9H5F9O2/c10-5(2-1-4(19)20)3-6(11,12)8(15,16)9(17,18)7(5,13)14/h1-2H,3H2,(H,19,20). The van der Waals surface area contributed by atoms with Gasteiger partial charge in [0, 0.05) is 6.08 Å². The molecule has 0 aromatic carbocycles. The van der Waals surface area contributed by atoms with Gasteiger partial charge in [0.25, 0.3) is 0 Å². The first kappa shape index (κ1) is 16.6. The molecule has 0 saturated heterocycles. The average Bonchev–Trinajstić information content (AvgIpc) is 2.23. The zero-order chi connectivity index (χ0) is 16.2. The Labute approximate surface area is 104 Å². The van der Waals surface area contributed by atoms with Crippen molar-refractivity contribution >= 4 is 5.97 Å². The van der Waals surface area contributed by atoms with Crippen LogP contribution in [0, 0.1) is 0 Å². The van der Waals surface area contributed by atoms with Crippen molar-refractivity contribution in [2.24, 2.45) is 0 Å². The van der Waals surface area contributed by atoms with Gasteiger partial charge in [-0.3, -0.25) is 0 Å². The first-order chi connectivity index (χ1) is 8.62. The zero-order valence-electron chi connectivity index (χ0n) is 9.12. The van der Waals surface area contributed by atoms with Crippen molar-refractivity contribution < 1.29 is 49.4 Å². The summed E-state index contributed by atoms with van der Waals surface area (Å²) in [5.41, 5.74) is -4.94. The van der Waals surface area contributed by atoms with Crippen LogP contribution in [-0.2, 0) is 4.79 Å². The molecular formula is C9H5F9O2. The normalized spacial score (nSPS) is 34.0. The van der Waals surface area contributed by atoms with Crippen molar-refractivity contribution in [3.8, 4) is 0 Å². The number of allylic oxidation sites excluding steroid dienone is 1. The number of aliphatic carboxylic acids is 1. The Morgan fingerprint density at radius 2 is 1.30 bits per heavy atom. The van der Waals surface area contributed by atoms with Gasteiger partial charge in [0.05, 0.1) is 6.42 Å². The lowest BCUT2D eigenvalue weighted by Gasteiger charge is -2.47. The first-order valence-electron chi connectivity index (χ1n) is 4.75. The molecule has 20 heavy (non-hydrogen) atoms. The van der Waals surface area contributed by atoms with E-state index in [1.54, 1.807) is 0 Å². The molecule has 1 atom stereocenters. The summed E-state index contributed by atoms with van der Waals surface area (Å²) < 4.78 is 117. The molecule has 0 aromatic rings. The lowest BCUT2D eigenvalue weighted by atomic mass is 9.75. The minimum Gasteiger partial charge on any atom is -0.478 e. The lowest BCUT2D eigenvalue weighted by molar-refractivity contribution is -0.418. The fourth-order valence-electron chi connectivity index (χ4n) is 1.60. The first-order valence-corrected chi connectivity index (χ1v) is 4.75. The van der Waals surface area contributed by atoms with E-state index in [-0.39, 0.29) is 0 Å². The van der Waals surface area contributed by atoms with E-state index >= 15 is 0 Å². The van der Waals surface area contributed by atoms with Crippen molar-refractivity contribution in [3.05, 3.63) is 12.2 Å². The van der Waals surface area contributed by atoms with E-state index in [1.165, 1.54) is 0 Å².